The quantitative estimate of drug-likeness (QED) is 0.326. The Morgan fingerprint density at radius 3 is 2.46 bits per heavy atom. The number of hydrogen-bond donors (Lipinski definition) is 3. The molecule has 2 aromatic rings. The van der Waals surface area contributed by atoms with E-state index in [1.54, 1.807) is 20.2 Å². The molecule has 0 heterocycles. The lowest BCUT2D eigenvalue weighted by atomic mass is 10.2. The number of nitrogens with two attached hydrogens (primary N) is 1. The van der Waals surface area contributed by atoms with Crippen molar-refractivity contribution in [1.29, 1.82) is 0 Å². The summed E-state index contributed by atoms with van der Waals surface area (Å²) in [4.78, 5) is 4.24. The number of primary sulfonamides is 1. The molecular weight excluding hydrogens is 467 g/mol. The van der Waals surface area contributed by atoms with E-state index in [0.29, 0.717) is 19.0 Å². The first-order chi connectivity index (χ1) is 11.9. The van der Waals surface area contributed by atoms with Gasteiger partial charge in [-0.1, -0.05) is 30.3 Å². The molecule has 0 amide bonds. The Hall–Kier alpha value is -1.85. The van der Waals surface area contributed by atoms with Crippen LogP contribution < -0.4 is 20.5 Å². The van der Waals surface area contributed by atoms with Crippen LogP contribution >= 0.6 is 24.0 Å². The van der Waals surface area contributed by atoms with Gasteiger partial charge >= 0.3 is 0 Å². The molecule has 142 valence electrons. The van der Waals surface area contributed by atoms with Gasteiger partial charge in [0.05, 0.1) is 12.0 Å². The lowest BCUT2D eigenvalue weighted by molar-refractivity contribution is 0.409. The Bertz CT molecular complexity index is 857. The number of nitrogens with one attached hydrogen (secondary N) is 2. The van der Waals surface area contributed by atoms with E-state index < -0.39 is 10.0 Å². The third kappa shape index (κ3) is 6.46. The highest BCUT2D eigenvalue weighted by molar-refractivity contribution is 14.0. The van der Waals surface area contributed by atoms with Gasteiger partial charge in [-0.05, 0) is 23.8 Å². The number of benzene rings is 2. The number of aliphatic imine (C=N–C) groups is 1. The molecule has 0 bridgehead atoms. The van der Waals surface area contributed by atoms with Crippen molar-refractivity contribution in [3.8, 4) is 5.75 Å². The molecule has 0 atom stereocenters. The molecule has 0 aliphatic carbocycles. The van der Waals surface area contributed by atoms with Gasteiger partial charge in [-0.25, -0.2) is 13.6 Å². The van der Waals surface area contributed by atoms with E-state index >= 15 is 0 Å². The van der Waals surface area contributed by atoms with Crippen molar-refractivity contribution >= 4 is 40.0 Å². The van der Waals surface area contributed by atoms with Crippen molar-refractivity contribution in [2.75, 3.05) is 14.2 Å². The minimum Gasteiger partial charge on any atom is -0.496 e. The molecule has 7 nitrogen and oxygen atoms in total. The predicted molar refractivity (Wildman–Crippen MR) is 113 cm³/mol. The standard InChI is InChI=1S/C17H22N4O3S.HI/c1-19-17(21-12-14-7-3-4-9-16(14)24-2)20-11-13-6-5-8-15(10-13)25(18,22)23;/h3-10H,11-12H2,1-2H3,(H2,18,22,23)(H2,19,20,21);1H. The van der Waals surface area contributed by atoms with Crippen molar-refractivity contribution in [2.45, 2.75) is 18.0 Å². The Morgan fingerprint density at radius 1 is 1.12 bits per heavy atom. The maximum Gasteiger partial charge on any atom is 0.238 e. The number of hydrogen-bond acceptors (Lipinski definition) is 4. The molecule has 26 heavy (non-hydrogen) atoms. The van der Waals surface area contributed by atoms with E-state index in [1.165, 1.54) is 12.1 Å². The lowest BCUT2D eigenvalue weighted by Crippen LogP contribution is -2.36. The molecule has 0 radical (unpaired) electrons. The summed E-state index contributed by atoms with van der Waals surface area (Å²) in [5.41, 5.74) is 1.79. The van der Waals surface area contributed by atoms with Gasteiger partial charge in [0.15, 0.2) is 5.96 Å². The third-order valence-electron chi connectivity index (χ3n) is 3.55. The van der Waals surface area contributed by atoms with Gasteiger partial charge in [0.25, 0.3) is 0 Å². The molecule has 0 aliphatic rings. The van der Waals surface area contributed by atoms with Gasteiger partial charge in [-0.2, -0.15) is 0 Å². The molecule has 2 aromatic carbocycles. The zero-order chi connectivity index (χ0) is 18.3. The van der Waals surface area contributed by atoms with Crippen molar-refractivity contribution in [3.63, 3.8) is 0 Å². The highest BCUT2D eigenvalue weighted by Crippen LogP contribution is 2.16. The average molecular weight is 490 g/mol. The van der Waals surface area contributed by atoms with E-state index in [-0.39, 0.29) is 28.9 Å². The normalized spacial score (nSPS) is 11.4. The van der Waals surface area contributed by atoms with E-state index in [1.807, 2.05) is 30.3 Å². The number of guanidine groups is 1. The van der Waals surface area contributed by atoms with E-state index in [2.05, 4.69) is 15.6 Å². The molecule has 0 aliphatic heterocycles. The number of methoxy groups -OCH3 is 1. The molecule has 0 aromatic heterocycles. The van der Waals surface area contributed by atoms with Gasteiger partial charge in [0.1, 0.15) is 5.75 Å². The average Bonchev–Trinajstić information content (AvgIpc) is 2.61. The summed E-state index contributed by atoms with van der Waals surface area (Å²) < 4.78 is 28.1. The van der Waals surface area contributed by atoms with Crippen LogP contribution in [0.5, 0.6) is 5.75 Å². The second kappa shape index (κ2) is 10.3. The Morgan fingerprint density at radius 2 is 1.81 bits per heavy atom. The maximum absolute atomic E-state index is 11.4. The first-order valence-corrected chi connectivity index (χ1v) is 9.17. The van der Waals surface area contributed by atoms with Gasteiger partial charge in [0, 0.05) is 25.7 Å². The van der Waals surface area contributed by atoms with Crippen LogP contribution in [0, 0.1) is 0 Å². The fourth-order valence-corrected chi connectivity index (χ4v) is 2.85. The summed E-state index contributed by atoms with van der Waals surface area (Å²) in [5.74, 6) is 1.39. The summed E-state index contributed by atoms with van der Waals surface area (Å²) in [6, 6.07) is 14.2. The van der Waals surface area contributed by atoms with E-state index in [4.69, 9.17) is 9.88 Å². The number of ether oxygens (including phenoxy) is 1. The van der Waals surface area contributed by atoms with Crippen LogP contribution in [0.1, 0.15) is 11.1 Å². The molecule has 0 unspecified atom stereocenters. The van der Waals surface area contributed by atoms with Crippen LogP contribution in [-0.4, -0.2) is 28.5 Å². The number of halogens is 1. The fourth-order valence-electron chi connectivity index (χ4n) is 2.27. The largest absolute Gasteiger partial charge is 0.496 e. The summed E-state index contributed by atoms with van der Waals surface area (Å²) >= 11 is 0. The van der Waals surface area contributed by atoms with Gasteiger partial charge < -0.3 is 15.4 Å². The van der Waals surface area contributed by atoms with Crippen LogP contribution in [0.25, 0.3) is 0 Å². The van der Waals surface area contributed by atoms with Gasteiger partial charge in [-0.15, -0.1) is 24.0 Å². The SMILES string of the molecule is CN=C(NCc1cccc(S(N)(=O)=O)c1)NCc1ccccc1OC.I. The van der Waals surface area contributed by atoms with Crippen molar-refractivity contribution < 1.29 is 13.2 Å². The first kappa shape index (κ1) is 22.2. The molecule has 0 saturated heterocycles. The monoisotopic (exact) mass is 490 g/mol. The van der Waals surface area contributed by atoms with Crippen LogP contribution in [-0.2, 0) is 23.1 Å². The van der Waals surface area contributed by atoms with E-state index in [0.717, 1.165) is 16.9 Å². The highest BCUT2D eigenvalue weighted by Gasteiger charge is 2.08. The smallest absolute Gasteiger partial charge is 0.238 e. The third-order valence-corrected chi connectivity index (χ3v) is 4.46. The molecule has 9 heteroatoms. The van der Waals surface area contributed by atoms with Crippen LogP contribution in [0.2, 0.25) is 0 Å². The van der Waals surface area contributed by atoms with Crippen molar-refractivity contribution in [2.24, 2.45) is 10.1 Å². The minimum atomic E-state index is -3.71. The number of sulfonamides is 1. The second-order valence-corrected chi connectivity index (χ2v) is 6.85. The minimum absolute atomic E-state index is 0. The van der Waals surface area contributed by atoms with Crippen LogP contribution in [0.4, 0.5) is 0 Å². The molecule has 0 saturated carbocycles. The second-order valence-electron chi connectivity index (χ2n) is 5.28. The lowest BCUT2D eigenvalue weighted by Gasteiger charge is -2.14. The van der Waals surface area contributed by atoms with Gasteiger partial charge in [-0.3, -0.25) is 4.99 Å². The zero-order valence-electron chi connectivity index (χ0n) is 14.6. The first-order valence-electron chi connectivity index (χ1n) is 7.62. The summed E-state index contributed by atoms with van der Waals surface area (Å²) in [6.45, 7) is 0.954. The summed E-state index contributed by atoms with van der Waals surface area (Å²) in [6.07, 6.45) is 0. The molecule has 0 fully saturated rings. The molecular formula is C17H23IN4O3S. The maximum atomic E-state index is 11.4. The van der Waals surface area contributed by atoms with Crippen LogP contribution in [0.15, 0.2) is 58.4 Å². The molecule has 0 spiro atoms. The van der Waals surface area contributed by atoms with Crippen molar-refractivity contribution in [3.05, 3.63) is 59.7 Å². The Balaban J connectivity index is 0.00000338. The summed E-state index contributed by atoms with van der Waals surface area (Å²) in [5, 5.41) is 11.5. The Kier molecular flexibility index (Phi) is 8.82. The zero-order valence-corrected chi connectivity index (χ0v) is 17.7. The number of rotatable bonds is 6. The number of para-hydroxylation sites is 1. The van der Waals surface area contributed by atoms with Crippen molar-refractivity contribution in [1.82, 2.24) is 10.6 Å². The highest BCUT2D eigenvalue weighted by atomic mass is 127. The predicted octanol–water partition coefficient (Wildman–Crippen LogP) is 1.83. The van der Waals surface area contributed by atoms with Gasteiger partial charge in [0.2, 0.25) is 10.0 Å². The Labute approximate surface area is 171 Å². The topological polar surface area (TPSA) is 106 Å². The molecule has 4 N–H and O–H groups in total. The van der Waals surface area contributed by atoms with Crippen LogP contribution in [0.3, 0.4) is 0 Å². The number of nitrogens with zero attached hydrogens (tertiary/aromatic N) is 1. The van der Waals surface area contributed by atoms with E-state index in [9.17, 15) is 8.42 Å². The fraction of sp³-hybridized carbons (Fsp3) is 0.235. The molecule has 2 rings (SSSR count). The summed E-state index contributed by atoms with van der Waals surface area (Å²) in [7, 11) is -0.417.